The molecule has 3 rings (SSSR count). The number of benzene rings is 1. The van der Waals surface area contributed by atoms with Crippen LogP contribution in [0.2, 0.25) is 0 Å². The van der Waals surface area contributed by atoms with Crippen molar-refractivity contribution in [1.29, 1.82) is 0 Å². The lowest BCUT2D eigenvalue weighted by Crippen LogP contribution is -2.43. The van der Waals surface area contributed by atoms with Crippen LogP contribution in [0.1, 0.15) is 57.6 Å². The monoisotopic (exact) mass is 479 g/mol. The molecule has 4 atom stereocenters. The highest BCUT2D eigenvalue weighted by molar-refractivity contribution is 6.12. The second-order valence-electron chi connectivity index (χ2n) is 8.78. The number of esters is 2. The lowest BCUT2D eigenvalue weighted by atomic mass is 9.69. The third-order valence-corrected chi connectivity index (χ3v) is 6.42. The number of hydrogen-bond acceptors (Lipinski definition) is 6. The van der Waals surface area contributed by atoms with E-state index in [1.54, 1.807) is 20.8 Å². The Bertz CT molecular complexity index is 1060. The van der Waals surface area contributed by atoms with Gasteiger partial charge in [0.05, 0.1) is 24.4 Å². The van der Waals surface area contributed by atoms with Crippen molar-refractivity contribution in [1.82, 2.24) is 5.32 Å². The number of nitrogens with one attached hydrogen (secondary N) is 1. The zero-order chi connectivity index (χ0) is 25.4. The van der Waals surface area contributed by atoms with Crippen LogP contribution in [0.25, 0.3) is 0 Å². The maximum Gasteiger partial charge on any atom is 0.416 e. The molecule has 1 heterocycles. The first-order valence-electron chi connectivity index (χ1n) is 11.1. The molecule has 0 bridgehead atoms. The summed E-state index contributed by atoms with van der Waals surface area (Å²) in [5, 5.41) is 3.12. The Morgan fingerprint density at radius 3 is 2.35 bits per heavy atom. The summed E-state index contributed by atoms with van der Waals surface area (Å²) in [6.07, 6.45) is -4.04. The Morgan fingerprint density at radius 2 is 1.82 bits per heavy atom. The fourth-order valence-corrected chi connectivity index (χ4v) is 4.48. The van der Waals surface area contributed by atoms with E-state index in [9.17, 15) is 27.6 Å². The number of methoxy groups -OCH3 is 1. The molecule has 2 aliphatic rings. The SMILES string of the molecule is CC[C@@H](C)OC(=O)C1=C(C)NC2=C(C(=O)[C@@H](C(=O)OC)[C@@H](C)C2)[C@@H]1c1ccc(C(F)(F)F)cc1. The van der Waals surface area contributed by atoms with Crippen LogP contribution in [-0.2, 0) is 30.0 Å². The van der Waals surface area contributed by atoms with Gasteiger partial charge < -0.3 is 14.8 Å². The van der Waals surface area contributed by atoms with E-state index in [0.29, 0.717) is 29.8 Å². The Kier molecular flexibility index (Phi) is 7.24. The third kappa shape index (κ3) is 4.74. The van der Waals surface area contributed by atoms with E-state index in [1.807, 2.05) is 6.92 Å². The van der Waals surface area contributed by atoms with Gasteiger partial charge in [0.25, 0.3) is 0 Å². The van der Waals surface area contributed by atoms with Crippen molar-refractivity contribution in [2.75, 3.05) is 7.11 Å². The van der Waals surface area contributed by atoms with Crippen LogP contribution < -0.4 is 5.32 Å². The Labute approximate surface area is 196 Å². The van der Waals surface area contributed by atoms with Crippen molar-refractivity contribution in [3.8, 4) is 0 Å². The minimum Gasteiger partial charge on any atom is -0.468 e. The van der Waals surface area contributed by atoms with Crippen LogP contribution in [0, 0.1) is 11.8 Å². The van der Waals surface area contributed by atoms with Gasteiger partial charge in [-0.2, -0.15) is 13.2 Å². The van der Waals surface area contributed by atoms with Gasteiger partial charge in [0.2, 0.25) is 0 Å². The maximum atomic E-state index is 13.6. The maximum absolute atomic E-state index is 13.6. The summed E-state index contributed by atoms with van der Waals surface area (Å²) >= 11 is 0. The summed E-state index contributed by atoms with van der Waals surface area (Å²) in [6.45, 7) is 6.99. The number of Topliss-reactive ketones (excluding diaryl/α,β-unsaturated/α-hetero) is 1. The predicted octanol–water partition coefficient (Wildman–Crippen LogP) is 4.66. The molecule has 0 saturated heterocycles. The van der Waals surface area contributed by atoms with Crippen LogP contribution in [0.5, 0.6) is 0 Å². The molecule has 1 aromatic rings. The van der Waals surface area contributed by atoms with Gasteiger partial charge in [-0.3, -0.25) is 9.59 Å². The van der Waals surface area contributed by atoms with Crippen molar-refractivity contribution in [2.45, 2.75) is 58.7 Å². The number of hydrogen-bond donors (Lipinski definition) is 1. The lowest BCUT2D eigenvalue weighted by molar-refractivity contribution is -0.151. The molecule has 0 saturated carbocycles. The molecular weight excluding hydrogens is 451 g/mol. The number of halogens is 3. The zero-order valence-corrected chi connectivity index (χ0v) is 19.7. The van der Waals surface area contributed by atoms with Crippen LogP contribution >= 0.6 is 0 Å². The summed E-state index contributed by atoms with van der Waals surface area (Å²) in [5.74, 6) is -4.29. The number of alkyl halides is 3. The molecule has 0 unspecified atom stereocenters. The van der Waals surface area contributed by atoms with Crippen molar-refractivity contribution in [3.05, 3.63) is 57.9 Å². The molecule has 1 aliphatic heterocycles. The second kappa shape index (κ2) is 9.64. The third-order valence-electron chi connectivity index (χ3n) is 6.42. The van der Waals surface area contributed by atoms with Gasteiger partial charge >= 0.3 is 18.1 Å². The van der Waals surface area contributed by atoms with Crippen molar-refractivity contribution in [3.63, 3.8) is 0 Å². The quantitative estimate of drug-likeness (QED) is 0.489. The highest BCUT2D eigenvalue weighted by Crippen LogP contribution is 2.46. The largest absolute Gasteiger partial charge is 0.468 e. The molecule has 1 aromatic carbocycles. The van der Waals surface area contributed by atoms with Gasteiger partial charge in [-0.05, 0) is 50.3 Å². The van der Waals surface area contributed by atoms with Gasteiger partial charge in [-0.1, -0.05) is 26.0 Å². The highest BCUT2D eigenvalue weighted by atomic mass is 19.4. The minimum atomic E-state index is -4.53. The van der Waals surface area contributed by atoms with Crippen LogP contribution in [0.4, 0.5) is 13.2 Å². The fraction of sp³-hybridized carbons (Fsp3) is 0.480. The van der Waals surface area contributed by atoms with E-state index < -0.39 is 47.4 Å². The number of dihydropyridines is 1. The topological polar surface area (TPSA) is 81.7 Å². The highest BCUT2D eigenvalue weighted by Gasteiger charge is 2.47. The predicted molar refractivity (Wildman–Crippen MR) is 117 cm³/mol. The molecule has 0 fully saturated rings. The van der Waals surface area contributed by atoms with Crippen LogP contribution in [-0.4, -0.2) is 30.9 Å². The van der Waals surface area contributed by atoms with E-state index in [-0.39, 0.29) is 17.1 Å². The molecule has 0 spiro atoms. The smallest absolute Gasteiger partial charge is 0.416 e. The molecule has 0 amide bonds. The number of carbonyl (C=O) groups is 3. The number of ketones is 1. The van der Waals surface area contributed by atoms with Crippen LogP contribution in [0.3, 0.4) is 0 Å². The van der Waals surface area contributed by atoms with Gasteiger partial charge in [0.1, 0.15) is 5.92 Å². The first-order chi connectivity index (χ1) is 15.9. The number of rotatable bonds is 5. The Morgan fingerprint density at radius 1 is 1.21 bits per heavy atom. The molecular formula is C25H28F3NO5. The minimum absolute atomic E-state index is 0.130. The van der Waals surface area contributed by atoms with Crippen molar-refractivity contribution >= 4 is 17.7 Å². The summed E-state index contributed by atoms with van der Waals surface area (Å²) < 4.78 is 49.8. The molecule has 34 heavy (non-hydrogen) atoms. The molecule has 1 N–H and O–H groups in total. The first-order valence-corrected chi connectivity index (χ1v) is 11.1. The summed E-state index contributed by atoms with van der Waals surface area (Å²) in [4.78, 5) is 39.2. The van der Waals surface area contributed by atoms with Gasteiger partial charge in [-0.15, -0.1) is 0 Å². The van der Waals surface area contributed by atoms with E-state index in [2.05, 4.69) is 5.32 Å². The van der Waals surface area contributed by atoms with E-state index in [4.69, 9.17) is 9.47 Å². The van der Waals surface area contributed by atoms with E-state index >= 15 is 0 Å². The van der Waals surface area contributed by atoms with Gasteiger partial charge in [0.15, 0.2) is 5.78 Å². The first kappa shape index (κ1) is 25.5. The van der Waals surface area contributed by atoms with Gasteiger partial charge in [-0.25, -0.2) is 4.79 Å². The second-order valence-corrected chi connectivity index (χ2v) is 8.78. The fourth-order valence-electron chi connectivity index (χ4n) is 4.48. The summed E-state index contributed by atoms with van der Waals surface area (Å²) in [5.41, 5.74) is 0.776. The Hall–Kier alpha value is -3.10. The van der Waals surface area contributed by atoms with E-state index in [0.717, 1.165) is 12.1 Å². The number of carbonyl (C=O) groups excluding carboxylic acids is 3. The Balaban J connectivity index is 2.17. The molecule has 0 aromatic heterocycles. The standard InChI is InChI=1S/C25H28F3NO5/c1-6-13(3)34-24(32)19-14(4)29-17-11-12(2)18(23(31)33-5)22(30)21(17)20(19)15-7-9-16(10-8-15)25(26,27)28/h7-10,12-13,18,20,29H,6,11H2,1-5H3/t12-,13+,18-,20+/m0/s1. The molecule has 6 nitrogen and oxygen atoms in total. The summed E-state index contributed by atoms with van der Waals surface area (Å²) in [6, 6.07) is 4.34. The van der Waals surface area contributed by atoms with Crippen molar-refractivity contribution in [2.24, 2.45) is 11.8 Å². The molecule has 184 valence electrons. The molecule has 0 radical (unpaired) electrons. The number of allylic oxidation sites excluding steroid dienone is 3. The zero-order valence-electron chi connectivity index (χ0n) is 19.7. The lowest BCUT2D eigenvalue weighted by Gasteiger charge is -2.38. The normalized spacial score (nSPS) is 23.8. The van der Waals surface area contributed by atoms with Gasteiger partial charge in [0, 0.05) is 22.9 Å². The average Bonchev–Trinajstić information content (AvgIpc) is 2.77. The molecule has 9 heteroatoms. The average molecular weight is 479 g/mol. The van der Waals surface area contributed by atoms with Crippen LogP contribution in [0.15, 0.2) is 46.8 Å². The van der Waals surface area contributed by atoms with E-state index in [1.165, 1.54) is 19.2 Å². The van der Waals surface area contributed by atoms with Crippen molar-refractivity contribution < 1.29 is 37.0 Å². The summed E-state index contributed by atoms with van der Waals surface area (Å²) in [7, 11) is 1.19. The number of ether oxygens (including phenoxy) is 2. The molecule has 1 aliphatic carbocycles.